The first-order chi connectivity index (χ1) is 10.0. The normalized spacial score (nSPS) is 20.6. The lowest BCUT2D eigenvalue weighted by molar-refractivity contribution is 0.159. The van der Waals surface area contributed by atoms with Crippen molar-refractivity contribution in [3.05, 3.63) is 17.0 Å². The lowest BCUT2D eigenvalue weighted by atomic mass is 9.89. The number of aryl methyl sites for hydroxylation is 2. The second kappa shape index (κ2) is 7.41. The molecule has 21 heavy (non-hydrogen) atoms. The number of hydrogen-bond donors (Lipinski definition) is 1. The summed E-state index contributed by atoms with van der Waals surface area (Å²) in [4.78, 5) is 2.60. The first-order valence-corrected chi connectivity index (χ1v) is 8.44. The van der Waals surface area contributed by atoms with Crippen molar-refractivity contribution >= 4 is 0 Å². The molecular formula is C17H31N3O. The number of rotatable bonds is 6. The second-order valence-electron chi connectivity index (χ2n) is 6.59. The smallest absolute Gasteiger partial charge is 0.138 e. The van der Waals surface area contributed by atoms with Crippen molar-refractivity contribution in [3.8, 4) is 0 Å². The van der Waals surface area contributed by atoms with Crippen LogP contribution in [0.4, 0.5) is 0 Å². The Morgan fingerprint density at radius 2 is 1.95 bits per heavy atom. The van der Waals surface area contributed by atoms with Gasteiger partial charge in [0.25, 0.3) is 0 Å². The van der Waals surface area contributed by atoms with E-state index in [-0.39, 0.29) is 0 Å². The van der Waals surface area contributed by atoms with Crippen LogP contribution >= 0.6 is 0 Å². The van der Waals surface area contributed by atoms with Gasteiger partial charge in [-0.3, -0.25) is 0 Å². The van der Waals surface area contributed by atoms with Crippen LogP contribution in [-0.4, -0.2) is 35.7 Å². The maximum absolute atomic E-state index is 5.29. The van der Waals surface area contributed by atoms with Crippen LogP contribution in [0.1, 0.15) is 63.1 Å². The predicted octanol–water partition coefficient (Wildman–Crippen LogP) is 3.45. The summed E-state index contributed by atoms with van der Waals surface area (Å²) < 4.78 is 5.29. The van der Waals surface area contributed by atoms with Gasteiger partial charge in [0.05, 0.1) is 5.69 Å². The van der Waals surface area contributed by atoms with E-state index in [0.717, 1.165) is 17.4 Å². The molecule has 2 heterocycles. The lowest BCUT2D eigenvalue weighted by Crippen LogP contribution is -2.42. The summed E-state index contributed by atoms with van der Waals surface area (Å²) in [6.07, 6.45) is 3.88. The molecule has 1 fully saturated rings. The zero-order valence-corrected chi connectivity index (χ0v) is 14.3. The average molecular weight is 293 g/mol. The highest BCUT2D eigenvalue weighted by molar-refractivity contribution is 5.24. The van der Waals surface area contributed by atoms with E-state index in [1.165, 1.54) is 44.5 Å². The molecule has 1 aliphatic heterocycles. The molecule has 0 amide bonds. The summed E-state index contributed by atoms with van der Waals surface area (Å²) in [7, 11) is 0. The van der Waals surface area contributed by atoms with Crippen LogP contribution < -0.4 is 5.32 Å². The zero-order valence-electron chi connectivity index (χ0n) is 14.3. The van der Waals surface area contributed by atoms with Crippen molar-refractivity contribution in [1.82, 2.24) is 15.4 Å². The molecule has 0 aliphatic carbocycles. The Hall–Kier alpha value is -0.870. The third-order valence-electron chi connectivity index (χ3n) is 4.91. The largest absolute Gasteiger partial charge is 0.361 e. The molecule has 1 N–H and O–H groups in total. The van der Waals surface area contributed by atoms with Crippen molar-refractivity contribution in [1.29, 1.82) is 0 Å². The number of piperidine rings is 1. The van der Waals surface area contributed by atoms with E-state index >= 15 is 0 Å². The summed E-state index contributed by atoms with van der Waals surface area (Å²) in [5, 5.41) is 7.83. The standard InChI is InChI=1S/C17H31N3O/c1-6-9-20-10-7-16(8-11-20)12(2)18-13(3)17-14(4)19-21-15(17)5/h12-13,16,18H,6-11H2,1-5H3. The quantitative estimate of drug-likeness (QED) is 0.872. The lowest BCUT2D eigenvalue weighted by Gasteiger charge is -2.36. The fourth-order valence-electron chi connectivity index (χ4n) is 3.71. The van der Waals surface area contributed by atoms with Crippen molar-refractivity contribution in [2.75, 3.05) is 19.6 Å². The molecule has 0 radical (unpaired) electrons. The molecule has 2 atom stereocenters. The van der Waals surface area contributed by atoms with Gasteiger partial charge in [-0.25, -0.2) is 0 Å². The molecular weight excluding hydrogens is 262 g/mol. The van der Waals surface area contributed by atoms with Gasteiger partial charge in [0.1, 0.15) is 5.76 Å². The molecule has 120 valence electrons. The van der Waals surface area contributed by atoms with Gasteiger partial charge in [-0.05, 0) is 72.5 Å². The number of aromatic nitrogens is 1. The first kappa shape index (κ1) is 16.5. The fraction of sp³-hybridized carbons (Fsp3) is 0.824. The van der Waals surface area contributed by atoms with Gasteiger partial charge >= 0.3 is 0 Å². The summed E-state index contributed by atoms with van der Waals surface area (Å²) >= 11 is 0. The van der Waals surface area contributed by atoms with Crippen molar-refractivity contribution < 1.29 is 4.52 Å². The van der Waals surface area contributed by atoms with Crippen LogP contribution in [0.5, 0.6) is 0 Å². The Balaban J connectivity index is 1.86. The molecule has 0 aromatic carbocycles. The summed E-state index contributed by atoms with van der Waals surface area (Å²) in [5.74, 6) is 1.72. The van der Waals surface area contributed by atoms with Crippen LogP contribution in [0, 0.1) is 19.8 Å². The van der Waals surface area contributed by atoms with Gasteiger partial charge in [0.15, 0.2) is 0 Å². The Labute approximate surface area is 129 Å². The van der Waals surface area contributed by atoms with E-state index in [1.807, 2.05) is 13.8 Å². The summed E-state index contributed by atoms with van der Waals surface area (Å²) in [6, 6.07) is 0.845. The molecule has 0 spiro atoms. The van der Waals surface area contributed by atoms with Gasteiger partial charge in [0, 0.05) is 17.6 Å². The predicted molar refractivity (Wildman–Crippen MR) is 86.4 cm³/mol. The summed E-state index contributed by atoms with van der Waals surface area (Å²) in [5.41, 5.74) is 2.24. The zero-order chi connectivity index (χ0) is 15.4. The Bertz CT molecular complexity index is 416. The number of nitrogens with zero attached hydrogens (tertiary/aromatic N) is 2. The molecule has 4 heteroatoms. The van der Waals surface area contributed by atoms with Crippen LogP contribution in [0.2, 0.25) is 0 Å². The fourth-order valence-corrected chi connectivity index (χ4v) is 3.71. The maximum atomic E-state index is 5.29. The summed E-state index contributed by atoms with van der Waals surface area (Å²) in [6.45, 7) is 14.6. The van der Waals surface area contributed by atoms with Crippen molar-refractivity contribution in [3.63, 3.8) is 0 Å². The molecule has 1 aromatic heterocycles. The molecule has 0 bridgehead atoms. The molecule has 2 unspecified atom stereocenters. The highest BCUT2D eigenvalue weighted by atomic mass is 16.5. The minimum Gasteiger partial charge on any atom is -0.361 e. The number of likely N-dealkylation sites (tertiary alicyclic amines) is 1. The molecule has 2 rings (SSSR count). The third-order valence-corrected chi connectivity index (χ3v) is 4.91. The minimum atomic E-state index is 0.305. The molecule has 1 saturated heterocycles. The molecule has 4 nitrogen and oxygen atoms in total. The monoisotopic (exact) mass is 293 g/mol. The first-order valence-electron chi connectivity index (χ1n) is 8.44. The Morgan fingerprint density at radius 3 is 2.48 bits per heavy atom. The minimum absolute atomic E-state index is 0.305. The molecule has 1 aliphatic rings. The van der Waals surface area contributed by atoms with Crippen LogP contribution in [0.15, 0.2) is 4.52 Å². The highest BCUT2D eigenvalue weighted by Gasteiger charge is 2.26. The van der Waals surface area contributed by atoms with Crippen molar-refractivity contribution in [2.45, 2.75) is 66.0 Å². The third kappa shape index (κ3) is 4.07. The van der Waals surface area contributed by atoms with E-state index in [0.29, 0.717) is 12.1 Å². The van der Waals surface area contributed by atoms with E-state index in [4.69, 9.17) is 4.52 Å². The van der Waals surface area contributed by atoms with Crippen LogP contribution in [-0.2, 0) is 0 Å². The Morgan fingerprint density at radius 1 is 1.29 bits per heavy atom. The van der Waals surface area contributed by atoms with E-state index in [2.05, 4.69) is 36.1 Å². The van der Waals surface area contributed by atoms with Gasteiger partial charge in [-0.2, -0.15) is 0 Å². The topological polar surface area (TPSA) is 41.3 Å². The van der Waals surface area contributed by atoms with Crippen molar-refractivity contribution in [2.24, 2.45) is 5.92 Å². The molecule has 0 saturated carbocycles. The number of nitrogens with one attached hydrogen (secondary N) is 1. The van der Waals surface area contributed by atoms with Gasteiger partial charge in [0.2, 0.25) is 0 Å². The SMILES string of the molecule is CCCN1CCC(C(C)NC(C)c2c(C)noc2C)CC1. The van der Waals surface area contributed by atoms with Crippen LogP contribution in [0.25, 0.3) is 0 Å². The van der Waals surface area contributed by atoms with E-state index in [1.54, 1.807) is 0 Å². The highest BCUT2D eigenvalue weighted by Crippen LogP contribution is 2.25. The second-order valence-corrected chi connectivity index (χ2v) is 6.59. The average Bonchev–Trinajstić information content (AvgIpc) is 2.79. The van der Waals surface area contributed by atoms with E-state index < -0.39 is 0 Å². The maximum Gasteiger partial charge on any atom is 0.138 e. The Kier molecular flexibility index (Phi) is 5.82. The van der Waals surface area contributed by atoms with Crippen LogP contribution in [0.3, 0.4) is 0 Å². The van der Waals surface area contributed by atoms with Gasteiger partial charge < -0.3 is 14.7 Å². The van der Waals surface area contributed by atoms with Gasteiger partial charge in [-0.15, -0.1) is 0 Å². The molecule has 1 aromatic rings. The number of hydrogen-bond acceptors (Lipinski definition) is 4. The van der Waals surface area contributed by atoms with Gasteiger partial charge in [-0.1, -0.05) is 12.1 Å². The van der Waals surface area contributed by atoms with E-state index in [9.17, 15) is 0 Å².